The van der Waals surface area contributed by atoms with E-state index in [0.717, 1.165) is 6.42 Å². The monoisotopic (exact) mass is 308 g/mol. The highest BCUT2D eigenvalue weighted by Gasteiger charge is 2.30. The molecular formula is C16H21FN2O3. The highest BCUT2D eigenvalue weighted by atomic mass is 19.1. The van der Waals surface area contributed by atoms with Crippen molar-refractivity contribution >= 4 is 11.9 Å². The minimum absolute atomic E-state index is 0.0400. The van der Waals surface area contributed by atoms with Crippen LogP contribution in [0.15, 0.2) is 24.3 Å². The molecule has 1 aliphatic rings. The van der Waals surface area contributed by atoms with Gasteiger partial charge in [-0.2, -0.15) is 0 Å². The molecule has 0 aliphatic carbocycles. The van der Waals surface area contributed by atoms with Crippen molar-refractivity contribution in [3.63, 3.8) is 0 Å². The number of methoxy groups -OCH3 is 1. The normalized spacial score (nSPS) is 17.7. The number of rotatable bonds is 3. The predicted octanol–water partition coefficient (Wildman–Crippen LogP) is 1.59. The van der Waals surface area contributed by atoms with Crippen LogP contribution in [0.25, 0.3) is 0 Å². The van der Waals surface area contributed by atoms with E-state index >= 15 is 0 Å². The van der Waals surface area contributed by atoms with E-state index in [4.69, 9.17) is 4.74 Å². The lowest BCUT2D eigenvalue weighted by Gasteiger charge is -2.28. The van der Waals surface area contributed by atoms with Gasteiger partial charge in [0.25, 0.3) is 0 Å². The molecule has 0 radical (unpaired) electrons. The van der Waals surface area contributed by atoms with Crippen molar-refractivity contribution in [2.45, 2.75) is 19.4 Å². The summed E-state index contributed by atoms with van der Waals surface area (Å²) in [5, 5.41) is 0. The number of carbonyl (C=O) groups is 2. The maximum atomic E-state index is 13.1. The standard InChI is InChI=1S/C16H21FN2O3/c1-12(20)18-8-3-9-19(11-10-18)15(16(21)22-2)13-4-6-14(17)7-5-13/h4-7,15H,3,8-11H2,1-2H3/t15-/m1/s1. The molecule has 2 rings (SSSR count). The van der Waals surface area contributed by atoms with E-state index in [1.54, 1.807) is 24.0 Å². The molecule has 0 bridgehead atoms. The molecule has 1 atom stereocenters. The summed E-state index contributed by atoms with van der Waals surface area (Å²) in [4.78, 5) is 27.5. The molecule has 1 aromatic rings. The first-order valence-electron chi connectivity index (χ1n) is 7.36. The molecule has 0 aromatic heterocycles. The van der Waals surface area contributed by atoms with Crippen LogP contribution in [-0.4, -0.2) is 55.0 Å². The largest absolute Gasteiger partial charge is 0.468 e. The van der Waals surface area contributed by atoms with Gasteiger partial charge in [-0.25, -0.2) is 9.18 Å². The summed E-state index contributed by atoms with van der Waals surface area (Å²) < 4.78 is 18.0. The highest BCUT2D eigenvalue weighted by molar-refractivity contribution is 5.77. The average Bonchev–Trinajstić information content (AvgIpc) is 2.75. The second-order valence-corrected chi connectivity index (χ2v) is 5.37. The van der Waals surface area contributed by atoms with Gasteiger partial charge in [-0.05, 0) is 24.1 Å². The average molecular weight is 308 g/mol. The number of hydrogen-bond donors (Lipinski definition) is 0. The Kier molecular flexibility index (Phi) is 5.49. The molecule has 0 N–H and O–H groups in total. The van der Waals surface area contributed by atoms with Crippen LogP contribution in [0.5, 0.6) is 0 Å². The van der Waals surface area contributed by atoms with Crippen molar-refractivity contribution in [3.8, 4) is 0 Å². The first-order chi connectivity index (χ1) is 10.5. The van der Waals surface area contributed by atoms with Gasteiger partial charge < -0.3 is 9.64 Å². The van der Waals surface area contributed by atoms with Crippen molar-refractivity contribution < 1.29 is 18.7 Å². The van der Waals surface area contributed by atoms with Crippen LogP contribution in [0, 0.1) is 5.82 Å². The second kappa shape index (κ2) is 7.35. The van der Waals surface area contributed by atoms with Gasteiger partial charge in [0.05, 0.1) is 7.11 Å². The molecular weight excluding hydrogens is 287 g/mol. The van der Waals surface area contributed by atoms with E-state index in [2.05, 4.69) is 0 Å². The Bertz CT molecular complexity index is 533. The number of carbonyl (C=O) groups excluding carboxylic acids is 2. The van der Waals surface area contributed by atoms with E-state index in [-0.39, 0.29) is 17.7 Å². The molecule has 1 fully saturated rings. The number of amides is 1. The van der Waals surface area contributed by atoms with Crippen LogP contribution in [0.2, 0.25) is 0 Å². The van der Waals surface area contributed by atoms with Crippen molar-refractivity contribution in [2.24, 2.45) is 0 Å². The van der Waals surface area contributed by atoms with Crippen LogP contribution < -0.4 is 0 Å². The van der Waals surface area contributed by atoms with Crippen molar-refractivity contribution in [3.05, 3.63) is 35.6 Å². The second-order valence-electron chi connectivity index (χ2n) is 5.37. The van der Waals surface area contributed by atoms with Gasteiger partial charge in [0.15, 0.2) is 0 Å². The minimum Gasteiger partial charge on any atom is -0.468 e. The summed E-state index contributed by atoms with van der Waals surface area (Å²) in [6, 6.07) is 5.31. The Morgan fingerprint density at radius 1 is 1.14 bits per heavy atom. The smallest absolute Gasteiger partial charge is 0.327 e. The quantitative estimate of drug-likeness (QED) is 0.796. The fourth-order valence-electron chi connectivity index (χ4n) is 2.76. The van der Waals surface area contributed by atoms with Crippen LogP contribution in [0.1, 0.15) is 24.9 Å². The SMILES string of the molecule is COC(=O)[C@@H](c1ccc(F)cc1)N1CCCN(C(C)=O)CC1. The summed E-state index contributed by atoms with van der Waals surface area (Å²) in [6.07, 6.45) is 0.786. The molecule has 120 valence electrons. The van der Waals surface area contributed by atoms with E-state index < -0.39 is 6.04 Å². The van der Waals surface area contributed by atoms with Crippen molar-refractivity contribution in [1.29, 1.82) is 0 Å². The molecule has 1 heterocycles. The summed E-state index contributed by atoms with van der Waals surface area (Å²) in [7, 11) is 1.35. The Hall–Kier alpha value is -1.95. The van der Waals surface area contributed by atoms with Crippen LogP contribution >= 0.6 is 0 Å². The lowest BCUT2D eigenvalue weighted by molar-refractivity contribution is -0.147. The number of halogens is 1. The van der Waals surface area contributed by atoms with Gasteiger partial charge in [-0.3, -0.25) is 9.69 Å². The third-order valence-corrected chi connectivity index (χ3v) is 3.95. The van der Waals surface area contributed by atoms with Crippen LogP contribution in [0.4, 0.5) is 4.39 Å². The molecule has 6 heteroatoms. The number of nitrogens with zero attached hydrogens (tertiary/aromatic N) is 2. The van der Waals surface area contributed by atoms with E-state index in [9.17, 15) is 14.0 Å². The number of esters is 1. The van der Waals surface area contributed by atoms with Crippen molar-refractivity contribution in [2.75, 3.05) is 33.3 Å². The number of hydrogen-bond acceptors (Lipinski definition) is 4. The maximum Gasteiger partial charge on any atom is 0.327 e. The highest BCUT2D eigenvalue weighted by Crippen LogP contribution is 2.24. The van der Waals surface area contributed by atoms with Gasteiger partial charge in [-0.15, -0.1) is 0 Å². The first kappa shape index (κ1) is 16.4. The maximum absolute atomic E-state index is 13.1. The van der Waals surface area contributed by atoms with Crippen molar-refractivity contribution in [1.82, 2.24) is 9.80 Å². The molecule has 22 heavy (non-hydrogen) atoms. The predicted molar refractivity (Wildman–Crippen MR) is 79.6 cm³/mol. The molecule has 0 spiro atoms. The Morgan fingerprint density at radius 2 is 1.82 bits per heavy atom. The van der Waals surface area contributed by atoms with Crippen LogP contribution in [-0.2, 0) is 14.3 Å². The van der Waals surface area contributed by atoms with Gasteiger partial charge in [0.2, 0.25) is 5.91 Å². The third kappa shape index (κ3) is 3.82. The molecule has 0 unspecified atom stereocenters. The molecule has 1 aromatic carbocycles. The molecule has 1 amide bonds. The third-order valence-electron chi connectivity index (χ3n) is 3.95. The number of ether oxygens (including phenoxy) is 1. The fourth-order valence-corrected chi connectivity index (χ4v) is 2.76. The fraction of sp³-hybridized carbons (Fsp3) is 0.500. The van der Waals surface area contributed by atoms with E-state index in [1.165, 1.54) is 19.2 Å². The van der Waals surface area contributed by atoms with E-state index in [0.29, 0.717) is 31.7 Å². The zero-order valence-electron chi connectivity index (χ0n) is 12.9. The molecule has 0 saturated carbocycles. The summed E-state index contributed by atoms with van der Waals surface area (Å²) >= 11 is 0. The zero-order chi connectivity index (χ0) is 16.1. The Morgan fingerprint density at radius 3 is 2.41 bits per heavy atom. The topological polar surface area (TPSA) is 49.9 Å². The van der Waals surface area contributed by atoms with Gasteiger partial charge in [-0.1, -0.05) is 12.1 Å². The Labute approximate surface area is 129 Å². The molecule has 1 saturated heterocycles. The summed E-state index contributed by atoms with van der Waals surface area (Å²) in [5.41, 5.74) is 0.699. The van der Waals surface area contributed by atoms with Gasteiger partial charge in [0, 0.05) is 33.1 Å². The van der Waals surface area contributed by atoms with Crippen LogP contribution in [0.3, 0.4) is 0 Å². The zero-order valence-corrected chi connectivity index (χ0v) is 12.9. The summed E-state index contributed by atoms with van der Waals surface area (Å²) in [5.74, 6) is -0.674. The number of benzene rings is 1. The lowest BCUT2D eigenvalue weighted by Crippen LogP contribution is -2.38. The Balaban J connectivity index is 2.20. The minimum atomic E-state index is -0.572. The van der Waals surface area contributed by atoms with Gasteiger partial charge in [0.1, 0.15) is 11.9 Å². The molecule has 5 nitrogen and oxygen atoms in total. The first-order valence-corrected chi connectivity index (χ1v) is 7.36. The summed E-state index contributed by atoms with van der Waals surface area (Å²) in [6.45, 7) is 4.07. The van der Waals surface area contributed by atoms with Gasteiger partial charge >= 0.3 is 5.97 Å². The molecule has 1 aliphatic heterocycles. The lowest BCUT2D eigenvalue weighted by atomic mass is 10.0. The van der Waals surface area contributed by atoms with E-state index in [1.807, 2.05) is 4.90 Å².